The summed E-state index contributed by atoms with van der Waals surface area (Å²) in [6, 6.07) is 9.57. The van der Waals surface area contributed by atoms with E-state index in [1.807, 2.05) is 41.1 Å². The molecule has 2 heterocycles. The highest BCUT2D eigenvalue weighted by Crippen LogP contribution is 2.23. The lowest BCUT2D eigenvalue weighted by molar-refractivity contribution is 0.251. The minimum absolute atomic E-state index is 0.0923. The maximum absolute atomic E-state index is 12.0. The third-order valence-corrected chi connectivity index (χ3v) is 4.42. The van der Waals surface area contributed by atoms with Crippen molar-refractivity contribution in [1.29, 1.82) is 0 Å². The average Bonchev–Trinajstić information content (AvgIpc) is 3.24. The van der Waals surface area contributed by atoms with Crippen molar-refractivity contribution in [3.05, 3.63) is 58.5 Å². The normalized spacial score (nSPS) is 11.3. The van der Waals surface area contributed by atoms with Gasteiger partial charge in [0.25, 0.3) is 0 Å². The fourth-order valence-electron chi connectivity index (χ4n) is 2.29. The number of nitrogens with zero attached hydrogens (tertiary/aromatic N) is 3. The second-order valence-corrected chi connectivity index (χ2v) is 7.55. The van der Waals surface area contributed by atoms with Gasteiger partial charge in [0.15, 0.2) is 0 Å². The SMILES string of the molecule is CC(C)(C)c1ccc(NC(=O)NCc2cn(-c3ccsc3)nn2)cc1. The third-order valence-electron chi connectivity index (χ3n) is 3.75. The Bertz CT molecular complexity index is 831. The topological polar surface area (TPSA) is 71.8 Å². The average molecular weight is 355 g/mol. The standard InChI is InChI=1S/C18H21N5OS/c1-18(2,3)13-4-6-14(7-5-13)20-17(24)19-10-15-11-23(22-21-15)16-8-9-25-12-16/h4-9,11-12H,10H2,1-3H3,(H2,19,20,24). The number of rotatable bonds is 4. The lowest BCUT2D eigenvalue weighted by Gasteiger charge is -2.19. The van der Waals surface area contributed by atoms with Gasteiger partial charge in [-0.3, -0.25) is 0 Å². The van der Waals surface area contributed by atoms with Crippen LogP contribution in [0.1, 0.15) is 32.0 Å². The van der Waals surface area contributed by atoms with Gasteiger partial charge < -0.3 is 10.6 Å². The van der Waals surface area contributed by atoms with Crippen LogP contribution in [-0.4, -0.2) is 21.0 Å². The number of carbonyl (C=O) groups excluding carboxylic acids is 1. The molecular formula is C18H21N5OS. The van der Waals surface area contributed by atoms with E-state index < -0.39 is 0 Å². The summed E-state index contributed by atoms with van der Waals surface area (Å²) in [6.45, 7) is 6.79. The van der Waals surface area contributed by atoms with Gasteiger partial charge in [-0.1, -0.05) is 38.1 Å². The van der Waals surface area contributed by atoms with E-state index in [1.54, 1.807) is 22.2 Å². The van der Waals surface area contributed by atoms with Gasteiger partial charge in [0, 0.05) is 11.1 Å². The lowest BCUT2D eigenvalue weighted by atomic mass is 9.87. The quantitative estimate of drug-likeness (QED) is 0.744. The maximum Gasteiger partial charge on any atom is 0.319 e. The zero-order valence-electron chi connectivity index (χ0n) is 14.5. The molecule has 0 bridgehead atoms. The second kappa shape index (κ2) is 7.06. The van der Waals surface area contributed by atoms with Gasteiger partial charge in [-0.15, -0.1) is 5.10 Å². The summed E-state index contributed by atoms with van der Waals surface area (Å²) in [4.78, 5) is 12.0. The van der Waals surface area contributed by atoms with Crippen molar-refractivity contribution in [3.8, 4) is 5.69 Å². The highest BCUT2D eigenvalue weighted by Gasteiger charge is 2.13. The van der Waals surface area contributed by atoms with Crippen molar-refractivity contribution in [3.63, 3.8) is 0 Å². The molecule has 0 radical (unpaired) electrons. The largest absolute Gasteiger partial charge is 0.332 e. The van der Waals surface area contributed by atoms with Crippen LogP contribution in [0, 0.1) is 0 Å². The van der Waals surface area contributed by atoms with Crippen LogP contribution >= 0.6 is 11.3 Å². The Morgan fingerprint density at radius 1 is 1.20 bits per heavy atom. The Morgan fingerprint density at radius 2 is 1.96 bits per heavy atom. The van der Waals surface area contributed by atoms with Crippen LogP contribution in [0.4, 0.5) is 10.5 Å². The van der Waals surface area contributed by atoms with Gasteiger partial charge in [-0.25, -0.2) is 9.48 Å². The van der Waals surface area contributed by atoms with Crippen LogP contribution in [0.2, 0.25) is 0 Å². The first-order valence-electron chi connectivity index (χ1n) is 8.01. The van der Waals surface area contributed by atoms with E-state index in [0.717, 1.165) is 11.4 Å². The molecule has 0 aliphatic rings. The molecule has 0 unspecified atom stereocenters. The minimum atomic E-state index is -0.270. The van der Waals surface area contributed by atoms with Crippen molar-refractivity contribution in [2.24, 2.45) is 0 Å². The van der Waals surface area contributed by atoms with Gasteiger partial charge in [0.2, 0.25) is 0 Å². The number of anilines is 1. The van der Waals surface area contributed by atoms with E-state index in [2.05, 4.69) is 41.7 Å². The Kier molecular flexibility index (Phi) is 4.85. The summed E-state index contributed by atoms with van der Waals surface area (Å²) in [5.41, 5.74) is 3.74. The monoisotopic (exact) mass is 355 g/mol. The van der Waals surface area contributed by atoms with Crippen molar-refractivity contribution in [1.82, 2.24) is 20.3 Å². The van der Waals surface area contributed by atoms with Crippen molar-refractivity contribution < 1.29 is 4.79 Å². The number of thiophene rings is 1. The molecule has 3 rings (SSSR count). The fourth-order valence-corrected chi connectivity index (χ4v) is 2.92. The van der Waals surface area contributed by atoms with Crippen LogP contribution in [0.25, 0.3) is 5.69 Å². The molecule has 7 heteroatoms. The number of amides is 2. The number of urea groups is 1. The molecule has 0 fully saturated rings. The molecule has 2 amide bonds. The summed E-state index contributed by atoms with van der Waals surface area (Å²) in [5.74, 6) is 0. The number of aromatic nitrogens is 3. The molecule has 6 nitrogen and oxygen atoms in total. The van der Waals surface area contributed by atoms with E-state index in [0.29, 0.717) is 12.2 Å². The molecule has 1 aromatic carbocycles. The number of benzene rings is 1. The molecule has 0 saturated heterocycles. The first-order chi connectivity index (χ1) is 11.9. The summed E-state index contributed by atoms with van der Waals surface area (Å²) in [6.07, 6.45) is 1.81. The highest BCUT2D eigenvalue weighted by atomic mass is 32.1. The summed E-state index contributed by atoms with van der Waals surface area (Å²) >= 11 is 1.60. The molecule has 130 valence electrons. The highest BCUT2D eigenvalue weighted by molar-refractivity contribution is 7.08. The minimum Gasteiger partial charge on any atom is -0.332 e. The van der Waals surface area contributed by atoms with Gasteiger partial charge >= 0.3 is 6.03 Å². The summed E-state index contributed by atoms with van der Waals surface area (Å²) in [7, 11) is 0. The van der Waals surface area contributed by atoms with Crippen molar-refractivity contribution >= 4 is 23.1 Å². The Hall–Kier alpha value is -2.67. The van der Waals surface area contributed by atoms with Crippen LogP contribution in [0.5, 0.6) is 0 Å². The Morgan fingerprint density at radius 3 is 2.60 bits per heavy atom. The number of hydrogen-bond acceptors (Lipinski definition) is 4. The molecule has 0 aliphatic heterocycles. The zero-order valence-corrected chi connectivity index (χ0v) is 15.3. The molecule has 3 aromatic rings. The molecule has 2 aromatic heterocycles. The van der Waals surface area contributed by atoms with E-state index in [-0.39, 0.29) is 11.4 Å². The van der Waals surface area contributed by atoms with Gasteiger partial charge in [0.05, 0.1) is 18.4 Å². The molecule has 0 aliphatic carbocycles. The predicted molar refractivity (Wildman–Crippen MR) is 100 cm³/mol. The molecular weight excluding hydrogens is 334 g/mol. The third kappa shape index (κ3) is 4.45. The van der Waals surface area contributed by atoms with Crippen LogP contribution < -0.4 is 10.6 Å². The molecule has 0 spiro atoms. The number of nitrogens with one attached hydrogen (secondary N) is 2. The summed E-state index contributed by atoms with van der Waals surface area (Å²) in [5, 5.41) is 17.7. The molecule has 2 N–H and O–H groups in total. The fraction of sp³-hybridized carbons (Fsp3) is 0.278. The lowest BCUT2D eigenvalue weighted by Crippen LogP contribution is -2.28. The van der Waals surface area contributed by atoms with Crippen molar-refractivity contribution in [2.75, 3.05) is 5.32 Å². The van der Waals surface area contributed by atoms with E-state index in [9.17, 15) is 4.79 Å². The Balaban J connectivity index is 1.53. The molecule has 25 heavy (non-hydrogen) atoms. The Labute approximate surface area is 150 Å². The second-order valence-electron chi connectivity index (χ2n) is 6.77. The number of carbonyl (C=O) groups is 1. The zero-order chi connectivity index (χ0) is 17.9. The number of hydrogen-bond donors (Lipinski definition) is 2. The smallest absolute Gasteiger partial charge is 0.319 e. The molecule has 0 atom stereocenters. The first-order valence-corrected chi connectivity index (χ1v) is 8.95. The van der Waals surface area contributed by atoms with Gasteiger partial charge in [-0.2, -0.15) is 11.3 Å². The maximum atomic E-state index is 12.0. The van der Waals surface area contributed by atoms with Gasteiger partial charge in [0.1, 0.15) is 5.69 Å². The van der Waals surface area contributed by atoms with E-state index in [4.69, 9.17) is 0 Å². The van der Waals surface area contributed by atoms with E-state index >= 15 is 0 Å². The van der Waals surface area contributed by atoms with Crippen LogP contribution in [-0.2, 0) is 12.0 Å². The van der Waals surface area contributed by atoms with Gasteiger partial charge in [-0.05, 0) is 34.6 Å². The van der Waals surface area contributed by atoms with E-state index in [1.165, 1.54) is 5.56 Å². The predicted octanol–water partition coefficient (Wildman–Crippen LogP) is 3.95. The molecule has 0 saturated carbocycles. The van der Waals surface area contributed by atoms with Crippen molar-refractivity contribution in [2.45, 2.75) is 32.7 Å². The van der Waals surface area contributed by atoms with Crippen LogP contribution in [0.15, 0.2) is 47.3 Å². The van der Waals surface area contributed by atoms with Crippen LogP contribution in [0.3, 0.4) is 0 Å². The first kappa shape index (κ1) is 17.2. The summed E-state index contributed by atoms with van der Waals surface area (Å²) < 4.78 is 1.69.